The minimum Gasteiger partial charge on any atom is -0.342 e. The Morgan fingerprint density at radius 3 is 2.29 bits per heavy atom. The number of nitrogens with two attached hydrogens (primary N) is 1. The van der Waals surface area contributed by atoms with Gasteiger partial charge in [-0.25, -0.2) is 0 Å². The fraction of sp³-hybridized carbons (Fsp3) is 0.867. The lowest BCUT2D eigenvalue weighted by molar-refractivity contribution is -0.143. The van der Waals surface area contributed by atoms with Gasteiger partial charge in [0, 0.05) is 25.7 Å². The van der Waals surface area contributed by atoms with Crippen molar-refractivity contribution < 1.29 is 9.59 Å². The Balaban J connectivity index is 0.00000400. The zero-order valence-corrected chi connectivity index (χ0v) is 14.5. The molecule has 1 aliphatic rings. The molecule has 0 heterocycles. The number of amides is 2. The van der Waals surface area contributed by atoms with Crippen molar-refractivity contribution >= 4 is 24.2 Å². The van der Waals surface area contributed by atoms with Crippen LogP contribution in [0.4, 0.5) is 0 Å². The van der Waals surface area contributed by atoms with E-state index in [9.17, 15) is 9.59 Å². The zero-order valence-electron chi connectivity index (χ0n) is 13.7. The first-order chi connectivity index (χ1) is 9.33. The van der Waals surface area contributed by atoms with Crippen molar-refractivity contribution in [3.8, 4) is 0 Å². The molecule has 0 aromatic heterocycles. The van der Waals surface area contributed by atoms with Crippen LogP contribution in [0.3, 0.4) is 0 Å². The lowest BCUT2D eigenvalue weighted by Gasteiger charge is -2.39. The number of rotatable bonds is 5. The van der Waals surface area contributed by atoms with Gasteiger partial charge in [-0.05, 0) is 33.6 Å². The van der Waals surface area contributed by atoms with Crippen molar-refractivity contribution in [1.82, 2.24) is 9.80 Å². The van der Waals surface area contributed by atoms with Gasteiger partial charge in [0.1, 0.15) is 0 Å². The lowest BCUT2D eigenvalue weighted by Crippen LogP contribution is -2.54. The van der Waals surface area contributed by atoms with Gasteiger partial charge in [-0.15, -0.1) is 12.4 Å². The molecule has 1 saturated carbocycles. The predicted molar refractivity (Wildman–Crippen MR) is 87.4 cm³/mol. The van der Waals surface area contributed by atoms with Gasteiger partial charge in [-0.1, -0.05) is 12.8 Å². The largest absolute Gasteiger partial charge is 0.342 e. The summed E-state index contributed by atoms with van der Waals surface area (Å²) in [6, 6.07) is 0. The van der Waals surface area contributed by atoms with Crippen molar-refractivity contribution in [3.63, 3.8) is 0 Å². The Morgan fingerprint density at radius 2 is 1.81 bits per heavy atom. The monoisotopic (exact) mass is 319 g/mol. The van der Waals surface area contributed by atoms with Crippen molar-refractivity contribution in [2.24, 2.45) is 11.7 Å². The van der Waals surface area contributed by atoms with Crippen molar-refractivity contribution in [2.45, 2.75) is 52.0 Å². The molecule has 0 bridgehead atoms. The molecule has 1 fully saturated rings. The zero-order chi connectivity index (χ0) is 15.3. The van der Waals surface area contributed by atoms with Gasteiger partial charge in [-0.2, -0.15) is 0 Å². The molecule has 2 N–H and O–H groups in total. The van der Waals surface area contributed by atoms with Crippen LogP contribution in [0.15, 0.2) is 0 Å². The molecule has 2 unspecified atom stereocenters. The summed E-state index contributed by atoms with van der Waals surface area (Å²) >= 11 is 0. The number of likely N-dealkylation sites (N-methyl/N-ethyl adjacent to an activating group) is 2. The molecule has 5 nitrogen and oxygen atoms in total. The van der Waals surface area contributed by atoms with E-state index in [0.29, 0.717) is 13.1 Å². The van der Waals surface area contributed by atoms with E-state index in [-0.39, 0.29) is 36.7 Å². The summed E-state index contributed by atoms with van der Waals surface area (Å²) in [7, 11) is 1.70. The Bertz CT molecular complexity index is 357. The second-order valence-corrected chi connectivity index (χ2v) is 6.06. The third-order valence-corrected chi connectivity index (χ3v) is 4.42. The maximum Gasteiger partial charge on any atom is 0.242 e. The summed E-state index contributed by atoms with van der Waals surface area (Å²) in [5.41, 5.74) is 5.82. The van der Waals surface area contributed by atoms with E-state index < -0.39 is 5.54 Å². The van der Waals surface area contributed by atoms with Crippen LogP contribution in [0.25, 0.3) is 0 Å². The van der Waals surface area contributed by atoms with Crippen LogP contribution in [0, 0.1) is 5.92 Å². The van der Waals surface area contributed by atoms with E-state index in [1.807, 2.05) is 20.8 Å². The smallest absolute Gasteiger partial charge is 0.242 e. The Kier molecular flexibility index (Phi) is 8.26. The highest BCUT2D eigenvalue weighted by atomic mass is 35.5. The molecule has 1 aliphatic carbocycles. The van der Waals surface area contributed by atoms with E-state index in [4.69, 9.17) is 5.73 Å². The molecule has 1 rings (SSSR count). The first-order valence-electron chi connectivity index (χ1n) is 7.65. The maximum atomic E-state index is 12.5. The lowest BCUT2D eigenvalue weighted by atomic mass is 9.74. The normalized spacial score (nSPS) is 24.9. The molecule has 0 saturated heterocycles. The Morgan fingerprint density at radius 1 is 1.24 bits per heavy atom. The fourth-order valence-corrected chi connectivity index (χ4v) is 2.99. The van der Waals surface area contributed by atoms with E-state index in [1.165, 1.54) is 0 Å². The highest BCUT2D eigenvalue weighted by Gasteiger charge is 2.39. The fourth-order valence-electron chi connectivity index (χ4n) is 2.99. The first-order valence-corrected chi connectivity index (χ1v) is 7.65. The van der Waals surface area contributed by atoms with Gasteiger partial charge < -0.3 is 15.5 Å². The molecule has 124 valence electrons. The van der Waals surface area contributed by atoms with Crippen LogP contribution in [-0.2, 0) is 9.59 Å². The molecular formula is C15H30ClN3O2. The summed E-state index contributed by atoms with van der Waals surface area (Å²) in [6.07, 6.45) is 3.83. The van der Waals surface area contributed by atoms with E-state index in [2.05, 4.69) is 0 Å². The quantitative estimate of drug-likeness (QED) is 0.837. The molecule has 6 heteroatoms. The van der Waals surface area contributed by atoms with E-state index in [0.717, 1.165) is 25.7 Å². The van der Waals surface area contributed by atoms with Crippen molar-refractivity contribution in [2.75, 3.05) is 26.7 Å². The van der Waals surface area contributed by atoms with Crippen LogP contribution >= 0.6 is 12.4 Å². The molecule has 0 aromatic carbocycles. The summed E-state index contributed by atoms with van der Waals surface area (Å²) in [4.78, 5) is 27.9. The second kappa shape index (κ2) is 8.59. The molecule has 2 amide bonds. The van der Waals surface area contributed by atoms with Gasteiger partial charge in [-0.3, -0.25) is 9.59 Å². The van der Waals surface area contributed by atoms with Crippen molar-refractivity contribution in [1.29, 1.82) is 0 Å². The molecule has 0 aliphatic heterocycles. The topological polar surface area (TPSA) is 66.6 Å². The molecule has 0 aromatic rings. The number of halogens is 1. The minimum absolute atomic E-state index is 0. The van der Waals surface area contributed by atoms with Gasteiger partial charge in [0.2, 0.25) is 11.8 Å². The maximum absolute atomic E-state index is 12.5. The van der Waals surface area contributed by atoms with E-state index in [1.54, 1.807) is 16.8 Å². The molecule has 0 spiro atoms. The summed E-state index contributed by atoms with van der Waals surface area (Å²) in [5.74, 6) is -0.152. The second-order valence-electron chi connectivity index (χ2n) is 6.06. The van der Waals surface area contributed by atoms with Crippen molar-refractivity contribution in [3.05, 3.63) is 0 Å². The summed E-state index contributed by atoms with van der Waals surface area (Å²) in [6.45, 7) is 7.34. The van der Waals surface area contributed by atoms with Gasteiger partial charge in [0.05, 0.1) is 12.5 Å². The van der Waals surface area contributed by atoms with E-state index >= 15 is 0 Å². The summed E-state index contributed by atoms with van der Waals surface area (Å²) < 4.78 is 0. The molecule has 0 radical (unpaired) electrons. The summed E-state index contributed by atoms with van der Waals surface area (Å²) in [5, 5.41) is 0. The minimum atomic E-state index is -0.443. The Labute approximate surface area is 134 Å². The number of carbonyl (C=O) groups excluding carboxylic acids is 2. The molecule has 2 atom stereocenters. The predicted octanol–water partition coefficient (Wildman–Crippen LogP) is 1.64. The first kappa shape index (κ1) is 20.2. The number of hydrogen-bond acceptors (Lipinski definition) is 3. The third kappa shape index (κ3) is 5.15. The average Bonchev–Trinajstić information content (AvgIpc) is 2.38. The highest BCUT2D eigenvalue weighted by Crippen LogP contribution is 2.32. The van der Waals surface area contributed by atoms with Crippen LogP contribution in [0.5, 0.6) is 0 Å². The van der Waals surface area contributed by atoms with Crippen LogP contribution in [-0.4, -0.2) is 53.8 Å². The van der Waals surface area contributed by atoms with Gasteiger partial charge >= 0.3 is 0 Å². The third-order valence-electron chi connectivity index (χ3n) is 4.42. The van der Waals surface area contributed by atoms with Gasteiger partial charge in [0.15, 0.2) is 0 Å². The molecule has 21 heavy (non-hydrogen) atoms. The highest BCUT2D eigenvalue weighted by molar-refractivity contribution is 5.86. The Hall–Kier alpha value is -0.810. The van der Waals surface area contributed by atoms with Crippen LogP contribution in [0.1, 0.15) is 46.5 Å². The number of carbonyl (C=O) groups is 2. The number of hydrogen-bond donors (Lipinski definition) is 1. The van der Waals surface area contributed by atoms with Gasteiger partial charge in [0.25, 0.3) is 0 Å². The average molecular weight is 320 g/mol. The van der Waals surface area contributed by atoms with Crippen LogP contribution < -0.4 is 5.73 Å². The number of nitrogens with zero attached hydrogens (tertiary/aromatic N) is 2. The van der Waals surface area contributed by atoms with Crippen LogP contribution in [0.2, 0.25) is 0 Å². The standard InChI is InChI=1S/C15H29N3O2.ClH/c1-5-18(6-2)13(19)11-17(4)14(20)12-9-7-8-10-15(12,3)16;/h12H,5-11,16H2,1-4H3;1H. The SMILES string of the molecule is CCN(CC)C(=O)CN(C)C(=O)C1CCCCC1(C)N.Cl. The molecular weight excluding hydrogens is 290 g/mol.